The number of piperidine rings is 1. The van der Waals surface area contributed by atoms with E-state index in [9.17, 15) is 9.59 Å². The average Bonchev–Trinajstić information content (AvgIpc) is 2.92. The van der Waals surface area contributed by atoms with Crippen molar-refractivity contribution in [2.75, 3.05) is 13.6 Å². The summed E-state index contributed by atoms with van der Waals surface area (Å²) in [6.45, 7) is 2.40. The number of furan rings is 1. The summed E-state index contributed by atoms with van der Waals surface area (Å²) in [5.74, 6) is -0.114. The van der Waals surface area contributed by atoms with Gasteiger partial charge in [0.25, 0.3) is 5.91 Å². The van der Waals surface area contributed by atoms with Crippen LogP contribution >= 0.6 is 11.6 Å². The number of likely N-dealkylation sites (N-methyl/N-ethyl adjacent to an activating group) is 1. The fourth-order valence-electron chi connectivity index (χ4n) is 3.16. The van der Waals surface area contributed by atoms with Crippen LogP contribution < -0.4 is 5.32 Å². The van der Waals surface area contributed by atoms with Crippen LogP contribution in [-0.2, 0) is 4.79 Å². The Hall–Kier alpha value is -2.01. The van der Waals surface area contributed by atoms with Gasteiger partial charge in [0.15, 0.2) is 11.3 Å². The first kappa shape index (κ1) is 15.9. The Morgan fingerprint density at radius 3 is 2.83 bits per heavy atom. The summed E-state index contributed by atoms with van der Waals surface area (Å²) in [5.41, 5.74) is 1.28. The Bertz CT molecular complexity index is 769. The van der Waals surface area contributed by atoms with Gasteiger partial charge in [-0.2, -0.15) is 0 Å². The Morgan fingerprint density at radius 1 is 1.35 bits per heavy atom. The number of fused-ring (bicyclic) bond motifs is 1. The van der Waals surface area contributed by atoms with Gasteiger partial charge in [-0.15, -0.1) is 0 Å². The molecule has 1 aliphatic heterocycles. The lowest BCUT2D eigenvalue weighted by atomic mass is 10.0. The highest BCUT2D eigenvalue weighted by Gasteiger charge is 2.34. The molecule has 0 spiro atoms. The first-order valence-corrected chi connectivity index (χ1v) is 8.12. The summed E-state index contributed by atoms with van der Waals surface area (Å²) in [6, 6.07) is 5.00. The van der Waals surface area contributed by atoms with Crippen LogP contribution in [0.15, 0.2) is 22.6 Å². The number of aryl methyl sites for hydroxylation is 1. The molecule has 2 aromatic rings. The molecule has 5 nitrogen and oxygen atoms in total. The van der Waals surface area contributed by atoms with Gasteiger partial charge in [0.2, 0.25) is 5.91 Å². The van der Waals surface area contributed by atoms with Gasteiger partial charge in [-0.05, 0) is 32.3 Å². The maximum atomic E-state index is 12.9. The van der Waals surface area contributed by atoms with E-state index in [1.165, 1.54) is 0 Å². The van der Waals surface area contributed by atoms with E-state index in [1.54, 1.807) is 18.0 Å². The molecule has 1 aromatic heterocycles. The smallest absolute Gasteiger partial charge is 0.290 e. The van der Waals surface area contributed by atoms with E-state index < -0.39 is 6.04 Å². The van der Waals surface area contributed by atoms with Crippen molar-refractivity contribution >= 4 is 34.4 Å². The summed E-state index contributed by atoms with van der Waals surface area (Å²) in [4.78, 5) is 26.6. The highest BCUT2D eigenvalue weighted by molar-refractivity contribution is 6.35. The van der Waals surface area contributed by atoms with Crippen molar-refractivity contribution in [3.8, 4) is 0 Å². The van der Waals surface area contributed by atoms with Crippen LogP contribution in [0.3, 0.4) is 0 Å². The number of benzene rings is 1. The summed E-state index contributed by atoms with van der Waals surface area (Å²) >= 11 is 6.15. The standard InChI is InChI=1S/C17H19ClN2O3/c1-10-11-6-5-7-12(18)15(11)23-14(10)17(22)20-9-4-3-8-13(20)16(21)19-2/h5-7,13H,3-4,8-9H2,1-2H3,(H,19,21)/t13-/m0/s1. The predicted octanol–water partition coefficient (Wildman–Crippen LogP) is 3.14. The normalized spacial score (nSPS) is 18.2. The van der Waals surface area contributed by atoms with Gasteiger partial charge in [0.1, 0.15) is 6.04 Å². The second kappa shape index (κ2) is 6.24. The van der Waals surface area contributed by atoms with E-state index in [2.05, 4.69) is 5.32 Å². The number of hydrogen-bond acceptors (Lipinski definition) is 3. The Labute approximate surface area is 139 Å². The van der Waals surface area contributed by atoms with Crippen molar-refractivity contribution in [3.05, 3.63) is 34.5 Å². The number of carbonyl (C=O) groups is 2. The molecule has 1 fully saturated rings. The molecule has 2 heterocycles. The SMILES string of the molecule is CNC(=O)[C@@H]1CCCCN1C(=O)c1oc2c(Cl)cccc2c1C. The molecule has 23 heavy (non-hydrogen) atoms. The second-order valence-electron chi connectivity index (χ2n) is 5.80. The minimum Gasteiger partial charge on any atom is -0.449 e. The molecule has 6 heteroatoms. The zero-order valence-corrected chi connectivity index (χ0v) is 13.9. The number of likely N-dealkylation sites (tertiary alicyclic amines) is 1. The van der Waals surface area contributed by atoms with Crippen molar-refractivity contribution in [1.29, 1.82) is 0 Å². The van der Waals surface area contributed by atoms with E-state index in [4.69, 9.17) is 16.0 Å². The predicted molar refractivity (Wildman–Crippen MR) is 88.7 cm³/mol. The van der Waals surface area contributed by atoms with Crippen LogP contribution in [-0.4, -0.2) is 36.3 Å². The first-order chi connectivity index (χ1) is 11.0. The molecule has 3 rings (SSSR count). The number of carbonyl (C=O) groups excluding carboxylic acids is 2. The van der Waals surface area contributed by atoms with E-state index in [1.807, 2.05) is 19.1 Å². The van der Waals surface area contributed by atoms with Crippen molar-refractivity contribution in [1.82, 2.24) is 10.2 Å². The van der Waals surface area contributed by atoms with Gasteiger partial charge in [-0.25, -0.2) is 0 Å². The zero-order chi connectivity index (χ0) is 16.6. The van der Waals surface area contributed by atoms with Gasteiger partial charge in [0, 0.05) is 24.5 Å². The largest absolute Gasteiger partial charge is 0.449 e. The highest BCUT2D eigenvalue weighted by atomic mass is 35.5. The van der Waals surface area contributed by atoms with Crippen LogP contribution in [0.5, 0.6) is 0 Å². The summed E-state index contributed by atoms with van der Waals surface area (Å²) in [7, 11) is 1.59. The number of halogens is 1. The molecular formula is C17H19ClN2O3. The topological polar surface area (TPSA) is 62.6 Å². The zero-order valence-electron chi connectivity index (χ0n) is 13.2. The fraction of sp³-hybridized carbons (Fsp3) is 0.412. The van der Waals surface area contributed by atoms with Crippen LogP contribution in [0, 0.1) is 6.92 Å². The summed E-state index contributed by atoms with van der Waals surface area (Å²) in [5, 5.41) is 3.94. The van der Waals surface area contributed by atoms with E-state index in [0.717, 1.165) is 23.8 Å². The molecule has 0 unspecified atom stereocenters. The van der Waals surface area contributed by atoms with Gasteiger partial charge in [-0.1, -0.05) is 23.7 Å². The number of amides is 2. The Morgan fingerprint density at radius 2 is 2.13 bits per heavy atom. The third-order valence-electron chi connectivity index (χ3n) is 4.42. The minimum absolute atomic E-state index is 0.134. The summed E-state index contributed by atoms with van der Waals surface area (Å²) < 4.78 is 5.75. The lowest BCUT2D eigenvalue weighted by Gasteiger charge is -2.33. The Kier molecular flexibility index (Phi) is 4.31. The maximum Gasteiger partial charge on any atom is 0.290 e. The van der Waals surface area contributed by atoms with E-state index in [-0.39, 0.29) is 17.6 Å². The highest BCUT2D eigenvalue weighted by Crippen LogP contribution is 2.32. The fourth-order valence-corrected chi connectivity index (χ4v) is 3.37. The van der Waals surface area contributed by atoms with Crippen molar-refractivity contribution in [3.63, 3.8) is 0 Å². The quantitative estimate of drug-likeness (QED) is 0.917. The molecule has 1 aliphatic rings. The van der Waals surface area contributed by atoms with Crippen LogP contribution in [0.4, 0.5) is 0 Å². The molecular weight excluding hydrogens is 316 g/mol. The molecule has 0 saturated carbocycles. The molecule has 0 aliphatic carbocycles. The molecule has 0 bridgehead atoms. The molecule has 1 saturated heterocycles. The van der Waals surface area contributed by atoms with Gasteiger partial charge < -0.3 is 14.6 Å². The van der Waals surface area contributed by atoms with Crippen LogP contribution in [0.2, 0.25) is 5.02 Å². The van der Waals surface area contributed by atoms with Crippen molar-refractivity contribution in [2.24, 2.45) is 0 Å². The molecule has 122 valence electrons. The van der Waals surface area contributed by atoms with E-state index >= 15 is 0 Å². The lowest BCUT2D eigenvalue weighted by Crippen LogP contribution is -2.51. The minimum atomic E-state index is -0.440. The first-order valence-electron chi connectivity index (χ1n) is 7.74. The number of nitrogens with zero attached hydrogens (tertiary/aromatic N) is 1. The molecule has 2 amide bonds. The summed E-state index contributed by atoms with van der Waals surface area (Å²) in [6.07, 6.45) is 2.50. The van der Waals surface area contributed by atoms with Gasteiger partial charge in [0.05, 0.1) is 5.02 Å². The third-order valence-corrected chi connectivity index (χ3v) is 4.72. The van der Waals surface area contributed by atoms with E-state index in [0.29, 0.717) is 23.6 Å². The number of hydrogen-bond donors (Lipinski definition) is 1. The Balaban J connectivity index is 2.00. The number of nitrogens with one attached hydrogen (secondary N) is 1. The molecule has 0 radical (unpaired) electrons. The second-order valence-corrected chi connectivity index (χ2v) is 6.20. The van der Waals surface area contributed by atoms with Crippen LogP contribution in [0.1, 0.15) is 35.4 Å². The lowest BCUT2D eigenvalue weighted by molar-refractivity contribution is -0.126. The molecule has 1 N–H and O–H groups in total. The molecule has 1 atom stereocenters. The average molecular weight is 335 g/mol. The molecule has 1 aromatic carbocycles. The monoisotopic (exact) mass is 334 g/mol. The number of rotatable bonds is 2. The van der Waals surface area contributed by atoms with Gasteiger partial charge in [-0.3, -0.25) is 9.59 Å². The maximum absolute atomic E-state index is 12.9. The van der Waals surface area contributed by atoms with Gasteiger partial charge >= 0.3 is 0 Å². The number of para-hydroxylation sites is 1. The van der Waals surface area contributed by atoms with Crippen LogP contribution in [0.25, 0.3) is 11.0 Å². The van der Waals surface area contributed by atoms with Crippen molar-refractivity contribution < 1.29 is 14.0 Å². The van der Waals surface area contributed by atoms with Crippen molar-refractivity contribution in [2.45, 2.75) is 32.2 Å². The third kappa shape index (κ3) is 2.70.